The van der Waals surface area contributed by atoms with E-state index in [1.54, 1.807) is 12.3 Å². The average molecular weight is 287 g/mol. The molecule has 1 aromatic heterocycles. The lowest BCUT2D eigenvalue weighted by molar-refractivity contribution is 0.0764. The van der Waals surface area contributed by atoms with Crippen LogP contribution in [0.4, 0.5) is 0 Å². The number of fused-ring (bicyclic) bond motifs is 1. The van der Waals surface area contributed by atoms with E-state index < -0.39 is 0 Å². The maximum Gasteiger partial charge on any atom is 0.256 e. The number of hydrogen-bond donors (Lipinski definition) is 0. The first-order chi connectivity index (χ1) is 9.72. The summed E-state index contributed by atoms with van der Waals surface area (Å²) in [6, 6.07) is 7.94. The van der Waals surface area contributed by atoms with Crippen LogP contribution in [0.25, 0.3) is 10.8 Å². The first-order valence-electron chi connectivity index (χ1n) is 6.67. The summed E-state index contributed by atoms with van der Waals surface area (Å²) in [5, 5.41) is 2.10. The van der Waals surface area contributed by atoms with Crippen LogP contribution in [0.15, 0.2) is 43.1 Å². The van der Waals surface area contributed by atoms with Crippen molar-refractivity contribution in [2.45, 2.75) is 18.9 Å². The van der Waals surface area contributed by atoms with E-state index in [0.29, 0.717) is 23.3 Å². The van der Waals surface area contributed by atoms with Crippen LogP contribution in [0, 0.1) is 0 Å². The second kappa shape index (κ2) is 5.25. The number of halogens is 1. The van der Waals surface area contributed by atoms with Crippen molar-refractivity contribution >= 4 is 28.3 Å². The van der Waals surface area contributed by atoms with Gasteiger partial charge in [0, 0.05) is 24.2 Å². The van der Waals surface area contributed by atoms with Gasteiger partial charge in [0.2, 0.25) is 0 Å². The molecule has 1 heterocycles. The summed E-state index contributed by atoms with van der Waals surface area (Å²) in [5.74, 6) is 0.00719. The fourth-order valence-corrected chi connectivity index (χ4v) is 2.62. The highest BCUT2D eigenvalue weighted by Crippen LogP contribution is 2.30. The molecule has 0 aliphatic heterocycles. The number of carbonyl (C=O) groups is 1. The maximum absolute atomic E-state index is 12.7. The summed E-state index contributed by atoms with van der Waals surface area (Å²) in [5.41, 5.74) is 0.610. The molecule has 2 aromatic rings. The van der Waals surface area contributed by atoms with Gasteiger partial charge in [0.25, 0.3) is 5.91 Å². The van der Waals surface area contributed by atoms with Gasteiger partial charge in [-0.05, 0) is 18.2 Å². The van der Waals surface area contributed by atoms with Crippen LogP contribution in [-0.2, 0) is 0 Å². The molecule has 0 bridgehead atoms. The Morgan fingerprint density at radius 1 is 1.40 bits per heavy atom. The van der Waals surface area contributed by atoms with Crippen molar-refractivity contribution in [1.29, 1.82) is 0 Å². The molecule has 0 N–H and O–H groups in total. The Labute approximate surface area is 122 Å². The van der Waals surface area contributed by atoms with Gasteiger partial charge in [-0.15, -0.1) is 6.58 Å². The lowest BCUT2D eigenvalue weighted by atomic mass is 10.1. The van der Waals surface area contributed by atoms with Gasteiger partial charge in [-0.3, -0.25) is 4.79 Å². The second-order valence-electron chi connectivity index (χ2n) is 4.99. The van der Waals surface area contributed by atoms with Crippen molar-refractivity contribution in [2.24, 2.45) is 0 Å². The second-order valence-corrected chi connectivity index (χ2v) is 5.34. The van der Waals surface area contributed by atoms with E-state index in [-0.39, 0.29) is 5.91 Å². The van der Waals surface area contributed by atoms with Crippen molar-refractivity contribution in [2.75, 3.05) is 6.54 Å². The van der Waals surface area contributed by atoms with E-state index >= 15 is 0 Å². The molecule has 1 amide bonds. The van der Waals surface area contributed by atoms with E-state index in [2.05, 4.69) is 11.6 Å². The molecule has 0 atom stereocenters. The number of hydrogen-bond acceptors (Lipinski definition) is 2. The van der Waals surface area contributed by atoms with Crippen molar-refractivity contribution in [3.8, 4) is 0 Å². The number of carbonyl (C=O) groups excluding carboxylic acids is 1. The molecular weight excluding hydrogens is 272 g/mol. The fourth-order valence-electron chi connectivity index (χ4n) is 2.41. The van der Waals surface area contributed by atoms with Crippen molar-refractivity contribution in [3.05, 3.63) is 53.8 Å². The minimum Gasteiger partial charge on any atom is -0.332 e. The van der Waals surface area contributed by atoms with Crippen molar-refractivity contribution in [3.63, 3.8) is 0 Å². The van der Waals surface area contributed by atoms with Crippen LogP contribution in [0.5, 0.6) is 0 Å². The number of amides is 1. The van der Waals surface area contributed by atoms with Gasteiger partial charge in [0.15, 0.2) is 0 Å². The summed E-state index contributed by atoms with van der Waals surface area (Å²) < 4.78 is 0. The Bertz CT molecular complexity index is 679. The standard InChI is InChI=1S/C16H15ClN2O/c1-2-9-19(11-7-8-11)16(20)14-10-18-15(17)13-6-4-3-5-12(13)14/h2-6,10-11H,1,7-9H2. The molecule has 1 aliphatic carbocycles. The summed E-state index contributed by atoms with van der Waals surface area (Å²) in [6.07, 6.45) is 5.48. The van der Waals surface area contributed by atoms with Gasteiger partial charge in [-0.1, -0.05) is 41.9 Å². The monoisotopic (exact) mass is 286 g/mol. The highest BCUT2D eigenvalue weighted by atomic mass is 35.5. The highest BCUT2D eigenvalue weighted by Gasteiger charge is 2.33. The van der Waals surface area contributed by atoms with Gasteiger partial charge < -0.3 is 4.90 Å². The first kappa shape index (κ1) is 13.1. The summed E-state index contributed by atoms with van der Waals surface area (Å²) in [7, 11) is 0. The molecule has 4 heteroatoms. The minimum absolute atomic E-state index is 0.00719. The van der Waals surface area contributed by atoms with Crippen LogP contribution in [0.2, 0.25) is 5.15 Å². The third kappa shape index (κ3) is 2.29. The molecule has 3 nitrogen and oxygen atoms in total. The molecule has 1 saturated carbocycles. The van der Waals surface area contributed by atoms with E-state index in [4.69, 9.17) is 11.6 Å². The molecule has 1 aliphatic rings. The van der Waals surface area contributed by atoms with E-state index in [1.165, 1.54) is 0 Å². The molecular formula is C16H15ClN2O. The zero-order valence-electron chi connectivity index (χ0n) is 11.1. The Morgan fingerprint density at radius 3 is 2.75 bits per heavy atom. The highest BCUT2D eigenvalue weighted by molar-refractivity contribution is 6.34. The number of benzene rings is 1. The normalized spacial score (nSPS) is 14.2. The topological polar surface area (TPSA) is 33.2 Å². The predicted molar refractivity (Wildman–Crippen MR) is 81.0 cm³/mol. The molecule has 0 radical (unpaired) electrons. The molecule has 0 spiro atoms. The number of nitrogens with zero attached hydrogens (tertiary/aromatic N) is 2. The SMILES string of the molecule is C=CCN(C(=O)c1cnc(Cl)c2ccccc12)C1CC1. The van der Waals surface area contributed by atoms with Crippen LogP contribution in [0.1, 0.15) is 23.2 Å². The van der Waals surface area contributed by atoms with Gasteiger partial charge in [0.1, 0.15) is 5.15 Å². The largest absolute Gasteiger partial charge is 0.332 e. The molecule has 20 heavy (non-hydrogen) atoms. The van der Waals surface area contributed by atoms with Crippen molar-refractivity contribution < 1.29 is 4.79 Å². The van der Waals surface area contributed by atoms with Gasteiger partial charge in [-0.2, -0.15) is 0 Å². The van der Waals surface area contributed by atoms with Gasteiger partial charge >= 0.3 is 0 Å². The number of aromatic nitrogens is 1. The van der Waals surface area contributed by atoms with E-state index in [0.717, 1.165) is 23.6 Å². The molecule has 1 fully saturated rings. The quantitative estimate of drug-likeness (QED) is 0.634. The third-order valence-electron chi connectivity index (χ3n) is 3.55. The molecule has 3 rings (SSSR count). The van der Waals surface area contributed by atoms with Crippen LogP contribution in [0.3, 0.4) is 0 Å². The first-order valence-corrected chi connectivity index (χ1v) is 7.05. The zero-order chi connectivity index (χ0) is 14.1. The van der Waals surface area contributed by atoms with Crippen LogP contribution in [-0.4, -0.2) is 28.4 Å². The smallest absolute Gasteiger partial charge is 0.256 e. The Balaban J connectivity index is 2.07. The molecule has 102 valence electrons. The summed E-state index contributed by atoms with van der Waals surface area (Å²) in [4.78, 5) is 18.7. The predicted octanol–water partition coefficient (Wildman–Crippen LogP) is 3.68. The summed E-state index contributed by atoms with van der Waals surface area (Å²) >= 11 is 6.10. The molecule has 0 unspecified atom stereocenters. The Morgan fingerprint density at radius 2 is 2.10 bits per heavy atom. The lowest BCUT2D eigenvalue weighted by Crippen LogP contribution is -2.33. The Hall–Kier alpha value is -1.87. The van der Waals surface area contributed by atoms with E-state index in [1.807, 2.05) is 29.2 Å². The van der Waals surface area contributed by atoms with E-state index in [9.17, 15) is 4.79 Å². The van der Waals surface area contributed by atoms with Crippen molar-refractivity contribution in [1.82, 2.24) is 9.88 Å². The molecule has 1 aromatic carbocycles. The number of rotatable bonds is 4. The van der Waals surface area contributed by atoms with Crippen LogP contribution >= 0.6 is 11.6 Å². The van der Waals surface area contributed by atoms with Gasteiger partial charge in [0.05, 0.1) is 5.56 Å². The Kier molecular flexibility index (Phi) is 3.45. The maximum atomic E-state index is 12.7. The fraction of sp³-hybridized carbons (Fsp3) is 0.250. The lowest BCUT2D eigenvalue weighted by Gasteiger charge is -2.21. The van der Waals surface area contributed by atoms with Gasteiger partial charge in [-0.25, -0.2) is 4.98 Å². The number of pyridine rings is 1. The van der Waals surface area contributed by atoms with Crippen LogP contribution < -0.4 is 0 Å². The zero-order valence-corrected chi connectivity index (χ0v) is 11.8. The minimum atomic E-state index is 0.00719. The third-order valence-corrected chi connectivity index (χ3v) is 3.85. The summed E-state index contributed by atoms with van der Waals surface area (Å²) in [6.45, 7) is 4.30. The molecule has 0 saturated heterocycles. The average Bonchev–Trinajstić information content (AvgIpc) is 3.29.